The number of piperazine rings is 1. The molecule has 2 saturated heterocycles. The van der Waals surface area contributed by atoms with Crippen LogP contribution in [0.1, 0.15) is 19.3 Å². The highest BCUT2D eigenvalue weighted by Crippen LogP contribution is 2.43. The van der Waals surface area contributed by atoms with Gasteiger partial charge in [-0.25, -0.2) is 0 Å². The predicted molar refractivity (Wildman–Crippen MR) is 49.1 cm³/mol. The number of hydrogen-bond donors (Lipinski definition) is 0. The number of hydrogen-bond acceptors (Lipinski definition) is 2. The molecular weight excluding hydrogens is 148 g/mol. The van der Waals surface area contributed by atoms with Crippen LogP contribution < -0.4 is 0 Å². The number of nitrogens with zero attached hydrogens (tertiary/aromatic N) is 2. The lowest BCUT2D eigenvalue weighted by Crippen LogP contribution is -2.54. The Morgan fingerprint density at radius 3 is 3.00 bits per heavy atom. The monoisotopic (exact) mass is 166 g/mol. The van der Waals surface area contributed by atoms with Crippen LogP contribution in [0, 0.1) is 5.92 Å². The summed E-state index contributed by atoms with van der Waals surface area (Å²) in [7, 11) is 2.27. The van der Waals surface area contributed by atoms with E-state index in [0.717, 1.165) is 18.0 Å². The van der Waals surface area contributed by atoms with E-state index >= 15 is 0 Å². The van der Waals surface area contributed by atoms with Gasteiger partial charge in [-0.1, -0.05) is 0 Å². The van der Waals surface area contributed by atoms with Gasteiger partial charge < -0.3 is 4.90 Å². The van der Waals surface area contributed by atoms with Crippen molar-refractivity contribution in [2.75, 3.05) is 26.7 Å². The Morgan fingerprint density at radius 1 is 1.17 bits per heavy atom. The van der Waals surface area contributed by atoms with Crippen molar-refractivity contribution in [1.82, 2.24) is 9.80 Å². The van der Waals surface area contributed by atoms with E-state index in [-0.39, 0.29) is 0 Å². The smallest absolute Gasteiger partial charge is 0.0255 e. The zero-order chi connectivity index (χ0) is 8.13. The second-order valence-corrected chi connectivity index (χ2v) is 4.79. The Kier molecular flexibility index (Phi) is 1.50. The minimum absolute atomic E-state index is 0.933. The molecule has 3 atom stereocenters. The molecule has 1 aliphatic carbocycles. The van der Waals surface area contributed by atoms with Crippen molar-refractivity contribution in [2.45, 2.75) is 31.3 Å². The quantitative estimate of drug-likeness (QED) is 0.525. The molecule has 0 aromatic carbocycles. The molecule has 0 amide bonds. The van der Waals surface area contributed by atoms with Gasteiger partial charge in [-0.15, -0.1) is 0 Å². The molecule has 0 spiro atoms. The molecule has 68 valence electrons. The first-order valence-corrected chi connectivity index (χ1v) is 5.29. The largest absolute Gasteiger partial charge is 0.304 e. The molecule has 3 fully saturated rings. The summed E-state index contributed by atoms with van der Waals surface area (Å²) >= 11 is 0. The summed E-state index contributed by atoms with van der Waals surface area (Å²) < 4.78 is 0. The summed E-state index contributed by atoms with van der Waals surface area (Å²) in [5.41, 5.74) is 0. The lowest BCUT2D eigenvalue weighted by Gasteiger charge is -2.42. The summed E-state index contributed by atoms with van der Waals surface area (Å²) in [5, 5.41) is 0. The first-order valence-electron chi connectivity index (χ1n) is 5.29. The van der Waals surface area contributed by atoms with E-state index in [1.165, 1.54) is 38.9 Å². The summed E-state index contributed by atoms with van der Waals surface area (Å²) in [6, 6.07) is 1.91. The number of rotatable bonds is 0. The van der Waals surface area contributed by atoms with Crippen molar-refractivity contribution >= 4 is 0 Å². The molecule has 3 rings (SSSR count). The van der Waals surface area contributed by atoms with Crippen molar-refractivity contribution in [1.29, 1.82) is 0 Å². The first-order chi connectivity index (χ1) is 5.84. The third kappa shape index (κ3) is 0.882. The number of fused-ring (bicyclic) bond motifs is 5. The lowest BCUT2D eigenvalue weighted by molar-refractivity contribution is 0.0565. The normalized spacial score (nSPS) is 48.2. The van der Waals surface area contributed by atoms with E-state index in [1.54, 1.807) is 0 Å². The highest BCUT2D eigenvalue weighted by molar-refractivity contribution is 5.02. The van der Waals surface area contributed by atoms with Crippen LogP contribution in [0.2, 0.25) is 0 Å². The standard InChI is InChI=1S/C10H18N2/c1-11-4-5-12-9-3-2-8(6-9)10(12)7-11/h8-10H,2-7H2,1H3. The third-order valence-corrected chi connectivity index (χ3v) is 4.12. The van der Waals surface area contributed by atoms with Gasteiger partial charge in [0.1, 0.15) is 0 Å². The van der Waals surface area contributed by atoms with Crippen molar-refractivity contribution in [3.8, 4) is 0 Å². The molecule has 2 aliphatic heterocycles. The average Bonchev–Trinajstić information content (AvgIpc) is 2.63. The fourth-order valence-electron chi connectivity index (χ4n) is 3.48. The Morgan fingerprint density at radius 2 is 2.08 bits per heavy atom. The molecule has 2 bridgehead atoms. The van der Waals surface area contributed by atoms with Crippen LogP contribution in [0.25, 0.3) is 0 Å². The van der Waals surface area contributed by atoms with Crippen LogP contribution in [0.5, 0.6) is 0 Å². The Bertz CT molecular complexity index is 192. The first kappa shape index (κ1) is 7.34. The van der Waals surface area contributed by atoms with Gasteiger partial charge in [-0.05, 0) is 32.2 Å². The molecule has 1 saturated carbocycles. The molecule has 2 nitrogen and oxygen atoms in total. The Hall–Kier alpha value is -0.0800. The van der Waals surface area contributed by atoms with Crippen LogP contribution in [0.3, 0.4) is 0 Å². The number of piperidine rings is 1. The summed E-state index contributed by atoms with van der Waals surface area (Å²) in [5.74, 6) is 1.05. The molecule has 0 aromatic rings. The van der Waals surface area contributed by atoms with Crippen LogP contribution in [0.15, 0.2) is 0 Å². The zero-order valence-electron chi connectivity index (χ0n) is 7.87. The second kappa shape index (κ2) is 2.46. The van der Waals surface area contributed by atoms with Crippen molar-refractivity contribution in [3.05, 3.63) is 0 Å². The third-order valence-electron chi connectivity index (χ3n) is 4.12. The van der Waals surface area contributed by atoms with Gasteiger partial charge in [0, 0.05) is 31.7 Å². The van der Waals surface area contributed by atoms with Gasteiger partial charge >= 0.3 is 0 Å². The average molecular weight is 166 g/mol. The minimum atomic E-state index is 0.933. The topological polar surface area (TPSA) is 6.48 Å². The van der Waals surface area contributed by atoms with Gasteiger partial charge in [-0.3, -0.25) is 4.90 Å². The lowest BCUT2D eigenvalue weighted by atomic mass is 9.97. The molecule has 2 heterocycles. The summed E-state index contributed by atoms with van der Waals surface area (Å²) in [4.78, 5) is 5.29. The zero-order valence-corrected chi connectivity index (χ0v) is 7.87. The van der Waals surface area contributed by atoms with E-state index in [2.05, 4.69) is 16.8 Å². The van der Waals surface area contributed by atoms with Crippen LogP contribution >= 0.6 is 0 Å². The molecule has 0 N–H and O–H groups in total. The maximum absolute atomic E-state index is 2.79. The SMILES string of the molecule is CN1CCN2C3CCC(C3)C2C1. The predicted octanol–water partition coefficient (Wildman–Crippen LogP) is 0.785. The molecule has 2 heteroatoms. The van der Waals surface area contributed by atoms with Crippen LogP contribution in [-0.4, -0.2) is 48.6 Å². The molecule has 12 heavy (non-hydrogen) atoms. The molecule has 0 aromatic heterocycles. The van der Waals surface area contributed by atoms with Gasteiger partial charge in [0.05, 0.1) is 0 Å². The molecule has 3 aliphatic rings. The number of likely N-dealkylation sites (N-methyl/N-ethyl adjacent to an activating group) is 1. The summed E-state index contributed by atoms with van der Waals surface area (Å²) in [6.45, 7) is 3.96. The van der Waals surface area contributed by atoms with E-state index < -0.39 is 0 Å². The minimum Gasteiger partial charge on any atom is -0.304 e. The molecule has 0 radical (unpaired) electrons. The van der Waals surface area contributed by atoms with Crippen LogP contribution in [0.4, 0.5) is 0 Å². The Balaban J connectivity index is 1.81. The van der Waals surface area contributed by atoms with E-state index in [1.807, 2.05) is 0 Å². The highest BCUT2D eigenvalue weighted by Gasteiger charge is 2.46. The van der Waals surface area contributed by atoms with Gasteiger partial charge in [0.15, 0.2) is 0 Å². The van der Waals surface area contributed by atoms with Crippen molar-refractivity contribution in [3.63, 3.8) is 0 Å². The van der Waals surface area contributed by atoms with Crippen molar-refractivity contribution in [2.24, 2.45) is 5.92 Å². The molecular formula is C10H18N2. The fourth-order valence-corrected chi connectivity index (χ4v) is 3.48. The van der Waals surface area contributed by atoms with Gasteiger partial charge in [0.2, 0.25) is 0 Å². The fraction of sp³-hybridized carbons (Fsp3) is 1.00. The second-order valence-electron chi connectivity index (χ2n) is 4.79. The van der Waals surface area contributed by atoms with E-state index in [0.29, 0.717) is 0 Å². The van der Waals surface area contributed by atoms with Gasteiger partial charge in [0.25, 0.3) is 0 Å². The van der Waals surface area contributed by atoms with E-state index in [4.69, 9.17) is 0 Å². The maximum Gasteiger partial charge on any atom is 0.0255 e. The summed E-state index contributed by atoms with van der Waals surface area (Å²) in [6.07, 6.45) is 4.52. The van der Waals surface area contributed by atoms with Crippen molar-refractivity contribution < 1.29 is 0 Å². The van der Waals surface area contributed by atoms with Gasteiger partial charge in [-0.2, -0.15) is 0 Å². The van der Waals surface area contributed by atoms with Crippen LogP contribution in [-0.2, 0) is 0 Å². The van der Waals surface area contributed by atoms with E-state index in [9.17, 15) is 0 Å². The maximum atomic E-state index is 2.79. The Labute approximate surface area is 74.5 Å². The highest BCUT2D eigenvalue weighted by atomic mass is 15.3. The molecule has 3 unspecified atom stereocenters.